The molecule has 0 saturated carbocycles. The number of hydrogen-bond acceptors (Lipinski definition) is 5. The molecule has 0 aliphatic rings. The molecule has 0 spiro atoms. The molecule has 6 heavy (non-hydrogen) atoms. The van der Waals surface area contributed by atoms with E-state index >= 15 is 0 Å². The van der Waals surface area contributed by atoms with Crippen LogP contribution in [-0.2, 0) is 20.3 Å². The summed E-state index contributed by atoms with van der Waals surface area (Å²) < 4.78 is 21.7. The minimum Gasteiger partial charge on any atom is -0.200 e. The zero-order valence-electron chi connectivity index (χ0n) is 2.66. The molecule has 0 aliphatic heterocycles. The third-order valence-electron chi connectivity index (χ3n) is 0.104. The van der Waals surface area contributed by atoms with E-state index < -0.39 is 11.0 Å². The van der Waals surface area contributed by atoms with Crippen LogP contribution in [0.15, 0.2) is 0 Å². The van der Waals surface area contributed by atoms with E-state index in [1.807, 2.05) is 0 Å². The average Bonchev–Trinajstić information content (AvgIpc) is 1.35. The number of rotatable bonds is 2. The maximum Gasteiger partial charge on any atom is 0.285 e. The lowest BCUT2D eigenvalue weighted by molar-refractivity contribution is -0.202. The Morgan fingerprint density at radius 2 is 2.00 bits per heavy atom. The maximum absolute atomic E-state index is 9.21. The van der Waals surface area contributed by atoms with Crippen molar-refractivity contribution < 1.29 is 17.7 Å². The monoisotopic (exact) mass is 113 g/mol. The second-order valence-corrected chi connectivity index (χ2v) is 0.991. The minimum atomic E-state index is -2.95. The largest absolute Gasteiger partial charge is 0.285 e. The molecule has 5 nitrogen and oxygen atoms in total. The second kappa shape index (κ2) is 3.04. The maximum atomic E-state index is 9.21. The molecular formula is H3NO4S. The van der Waals surface area contributed by atoms with Crippen molar-refractivity contribution in [3.63, 3.8) is 0 Å². The van der Waals surface area contributed by atoms with Crippen molar-refractivity contribution in [1.82, 2.24) is 0 Å². The molecule has 0 unspecified atom stereocenters. The molecular weight excluding hydrogens is 110 g/mol. The summed E-state index contributed by atoms with van der Waals surface area (Å²) in [6, 6.07) is 0. The van der Waals surface area contributed by atoms with Crippen molar-refractivity contribution in [1.29, 1.82) is 0 Å². The van der Waals surface area contributed by atoms with Crippen molar-refractivity contribution >= 4 is 11.0 Å². The fraction of sp³-hybridized carbons (Fsp3) is 0. The van der Waals surface area contributed by atoms with Gasteiger partial charge in [0.1, 0.15) is 0 Å². The van der Waals surface area contributed by atoms with Gasteiger partial charge < -0.3 is 0 Å². The Bertz CT molecular complexity index is 75.5. The summed E-state index contributed by atoms with van der Waals surface area (Å²) in [4.78, 5) is 3.21. The Morgan fingerprint density at radius 3 is 2.00 bits per heavy atom. The van der Waals surface area contributed by atoms with E-state index in [4.69, 9.17) is 0 Å². The van der Waals surface area contributed by atoms with Gasteiger partial charge in [0.2, 0.25) is 0 Å². The van der Waals surface area contributed by atoms with E-state index in [-0.39, 0.29) is 0 Å². The molecule has 0 aromatic carbocycles. The molecule has 0 radical (unpaired) electrons. The highest BCUT2D eigenvalue weighted by molar-refractivity contribution is 7.67. The zero-order chi connectivity index (χ0) is 4.99. The minimum absolute atomic E-state index is 2.95. The highest BCUT2D eigenvalue weighted by Crippen LogP contribution is 1.61. The Morgan fingerprint density at radius 1 is 1.50 bits per heavy atom. The molecule has 0 heterocycles. The summed E-state index contributed by atoms with van der Waals surface area (Å²) in [5.41, 5.74) is 0. The van der Waals surface area contributed by atoms with Crippen LogP contribution in [0.4, 0.5) is 0 Å². The van der Waals surface area contributed by atoms with Gasteiger partial charge in [0.05, 0.1) is 0 Å². The Labute approximate surface area is 35.7 Å². The first-order chi connectivity index (χ1) is 2.77. The molecule has 6 heteroatoms. The SMILES string of the molecule is NOO[SH](=O)=O. The fourth-order valence-electron chi connectivity index (χ4n) is 0.0351. The summed E-state index contributed by atoms with van der Waals surface area (Å²) in [7, 11) is -2.95. The van der Waals surface area contributed by atoms with Crippen LogP contribution in [0, 0.1) is 0 Å². The molecule has 0 amide bonds. The van der Waals surface area contributed by atoms with Crippen molar-refractivity contribution in [2.45, 2.75) is 0 Å². The Hall–Kier alpha value is -0.170. The van der Waals surface area contributed by atoms with Crippen LogP contribution in [-0.4, -0.2) is 8.42 Å². The van der Waals surface area contributed by atoms with Gasteiger partial charge in [-0.15, -0.1) is 4.99 Å². The van der Waals surface area contributed by atoms with Crippen LogP contribution in [0.25, 0.3) is 0 Å². The van der Waals surface area contributed by atoms with E-state index in [9.17, 15) is 8.42 Å². The molecule has 38 valence electrons. The van der Waals surface area contributed by atoms with Gasteiger partial charge >= 0.3 is 0 Å². The molecule has 0 aliphatic carbocycles. The molecule has 0 aromatic rings. The summed E-state index contributed by atoms with van der Waals surface area (Å²) >= 11 is 0. The lowest BCUT2D eigenvalue weighted by Gasteiger charge is -1.77. The van der Waals surface area contributed by atoms with Crippen molar-refractivity contribution in [3.8, 4) is 0 Å². The molecule has 0 rings (SSSR count). The van der Waals surface area contributed by atoms with Gasteiger partial charge in [0.15, 0.2) is 0 Å². The van der Waals surface area contributed by atoms with Crippen LogP contribution in [0.5, 0.6) is 0 Å². The van der Waals surface area contributed by atoms with Crippen molar-refractivity contribution in [2.75, 3.05) is 0 Å². The van der Waals surface area contributed by atoms with Crippen LogP contribution in [0.2, 0.25) is 0 Å². The zero-order valence-corrected chi connectivity index (χ0v) is 3.55. The highest BCUT2D eigenvalue weighted by Gasteiger charge is 1.73. The lowest BCUT2D eigenvalue weighted by Crippen LogP contribution is -1.97. The first-order valence-corrected chi connectivity index (χ1v) is 2.05. The van der Waals surface area contributed by atoms with Crippen molar-refractivity contribution in [3.05, 3.63) is 0 Å². The first kappa shape index (κ1) is 5.83. The van der Waals surface area contributed by atoms with Gasteiger partial charge in [0.25, 0.3) is 11.0 Å². The van der Waals surface area contributed by atoms with E-state index in [2.05, 4.69) is 15.2 Å². The predicted molar refractivity (Wildman–Crippen MR) is 16.7 cm³/mol. The molecule has 0 aromatic heterocycles. The summed E-state index contributed by atoms with van der Waals surface area (Å²) in [5.74, 6) is 4.12. The topological polar surface area (TPSA) is 78.6 Å². The van der Waals surface area contributed by atoms with Crippen LogP contribution >= 0.6 is 0 Å². The van der Waals surface area contributed by atoms with Gasteiger partial charge in [-0.2, -0.15) is 5.90 Å². The van der Waals surface area contributed by atoms with Gasteiger partial charge in [0, 0.05) is 0 Å². The number of thiol groups is 1. The van der Waals surface area contributed by atoms with Crippen LogP contribution in [0.3, 0.4) is 0 Å². The molecule has 0 atom stereocenters. The third-order valence-corrected chi connectivity index (χ3v) is 0.312. The van der Waals surface area contributed by atoms with Crippen molar-refractivity contribution in [2.24, 2.45) is 5.90 Å². The predicted octanol–water partition coefficient (Wildman–Crippen LogP) is -1.67. The fourth-order valence-corrected chi connectivity index (χ4v) is 0.105. The Kier molecular flexibility index (Phi) is 2.95. The van der Waals surface area contributed by atoms with E-state index in [0.717, 1.165) is 0 Å². The summed E-state index contributed by atoms with van der Waals surface area (Å²) in [5, 5.41) is 0. The molecule has 2 N–H and O–H groups in total. The van der Waals surface area contributed by atoms with Gasteiger partial charge in [-0.05, 0) is 0 Å². The lowest BCUT2D eigenvalue weighted by atomic mass is 13.5. The van der Waals surface area contributed by atoms with Gasteiger partial charge in [-0.1, -0.05) is 4.33 Å². The highest BCUT2D eigenvalue weighted by atomic mass is 32.2. The second-order valence-electron chi connectivity index (χ2n) is 0.394. The standard InChI is InChI=1S/H3NO4S/c1-4-5-6(2)3/h6H,1H2. The quantitative estimate of drug-likeness (QED) is 0.254. The van der Waals surface area contributed by atoms with Crippen LogP contribution in [0.1, 0.15) is 0 Å². The van der Waals surface area contributed by atoms with E-state index in [0.29, 0.717) is 0 Å². The summed E-state index contributed by atoms with van der Waals surface area (Å²) in [6.45, 7) is 0. The average molecular weight is 113 g/mol. The normalized spacial score (nSPS) is 9.67. The van der Waals surface area contributed by atoms with Crippen LogP contribution < -0.4 is 5.90 Å². The Balaban J connectivity index is 3.07. The number of nitrogens with two attached hydrogens (primary N) is 1. The smallest absolute Gasteiger partial charge is 0.200 e. The summed E-state index contributed by atoms with van der Waals surface area (Å²) in [6.07, 6.45) is 0. The van der Waals surface area contributed by atoms with E-state index in [1.54, 1.807) is 0 Å². The van der Waals surface area contributed by atoms with Gasteiger partial charge in [-0.3, -0.25) is 0 Å². The first-order valence-electron chi connectivity index (χ1n) is 0.950. The number of hydrogen-bond donors (Lipinski definition) is 2. The molecule has 0 fully saturated rings. The van der Waals surface area contributed by atoms with Gasteiger partial charge in [-0.25, -0.2) is 8.42 Å². The molecule has 0 bridgehead atoms. The van der Waals surface area contributed by atoms with E-state index in [1.165, 1.54) is 0 Å². The third kappa shape index (κ3) is 3.83. The molecule has 0 saturated heterocycles.